The van der Waals surface area contributed by atoms with Crippen LogP contribution in [0.3, 0.4) is 0 Å². The Labute approximate surface area is 188 Å². The molecule has 0 atom stereocenters. The number of benzene rings is 2. The molecular formula is C20H19ClN8O3. The highest BCUT2D eigenvalue weighted by atomic mass is 35.5. The van der Waals surface area contributed by atoms with Crippen molar-refractivity contribution in [3.63, 3.8) is 0 Å². The van der Waals surface area contributed by atoms with E-state index in [1.54, 1.807) is 30.5 Å². The first-order chi connectivity index (χ1) is 15.6. The molecule has 11 nitrogen and oxygen atoms in total. The van der Waals surface area contributed by atoms with Gasteiger partial charge in [0.2, 0.25) is 17.8 Å². The van der Waals surface area contributed by atoms with Gasteiger partial charge in [0.05, 0.1) is 24.4 Å². The predicted molar refractivity (Wildman–Crippen MR) is 122 cm³/mol. The molecule has 12 heteroatoms. The smallest absolute Gasteiger partial charge is 0.271 e. The number of nitrogens with zero attached hydrogens (tertiary/aromatic N) is 6. The van der Waals surface area contributed by atoms with Gasteiger partial charge in [-0.1, -0.05) is 29.8 Å². The van der Waals surface area contributed by atoms with Crippen molar-refractivity contribution in [3.8, 4) is 0 Å². The fourth-order valence-electron chi connectivity index (χ4n) is 2.92. The van der Waals surface area contributed by atoms with Crippen LogP contribution in [0.1, 0.15) is 5.56 Å². The Hall–Kier alpha value is -3.83. The lowest BCUT2D eigenvalue weighted by molar-refractivity contribution is -0.384. The first-order valence-electron chi connectivity index (χ1n) is 9.72. The first-order valence-corrected chi connectivity index (χ1v) is 10.1. The van der Waals surface area contributed by atoms with E-state index in [1.165, 1.54) is 12.1 Å². The molecule has 2 aromatic carbocycles. The van der Waals surface area contributed by atoms with Gasteiger partial charge in [-0.05, 0) is 23.8 Å². The summed E-state index contributed by atoms with van der Waals surface area (Å²) in [7, 11) is 0. The van der Waals surface area contributed by atoms with Crippen LogP contribution in [0.2, 0.25) is 5.02 Å². The third-order valence-electron chi connectivity index (χ3n) is 4.48. The first kappa shape index (κ1) is 21.4. The number of rotatable bonds is 7. The Morgan fingerprint density at radius 3 is 2.59 bits per heavy atom. The van der Waals surface area contributed by atoms with E-state index in [4.69, 9.17) is 16.3 Å². The van der Waals surface area contributed by atoms with Gasteiger partial charge in [0.1, 0.15) is 0 Å². The summed E-state index contributed by atoms with van der Waals surface area (Å²) in [6, 6.07) is 13.3. The molecular weight excluding hydrogens is 436 g/mol. The standard InChI is InChI=1S/C20H19ClN8O3/c21-15-6-4-14(5-7-15)13-22-27-19-24-18(23-16-2-1-3-17(12-16)29(30)31)25-20(26-19)28-8-10-32-11-9-28/h1-7,12-13H,8-11H2,(H2,23,24,25,26,27)/b22-13+. The van der Waals surface area contributed by atoms with Crippen molar-refractivity contribution in [2.24, 2.45) is 5.10 Å². The molecule has 4 rings (SSSR count). The summed E-state index contributed by atoms with van der Waals surface area (Å²) in [5, 5.41) is 18.9. The van der Waals surface area contributed by atoms with Crippen molar-refractivity contribution < 1.29 is 9.66 Å². The van der Waals surface area contributed by atoms with Gasteiger partial charge >= 0.3 is 0 Å². The Bertz CT molecular complexity index is 1120. The summed E-state index contributed by atoms with van der Waals surface area (Å²) in [5.41, 5.74) is 4.10. The molecule has 0 radical (unpaired) electrons. The van der Waals surface area contributed by atoms with Gasteiger partial charge in [-0.3, -0.25) is 10.1 Å². The normalized spacial score (nSPS) is 13.8. The largest absolute Gasteiger partial charge is 0.378 e. The maximum atomic E-state index is 11.1. The second-order valence-electron chi connectivity index (χ2n) is 6.74. The van der Waals surface area contributed by atoms with E-state index in [1.807, 2.05) is 17.0 Å². The van der Waals surface area contributed by atoms with Crippen LogP contribution < -0.4 is 15.6 Å². The van der Waals surface area contributed by atoms with E-state index >= 15 is 0 Å². The van der Waals surface area contributed by atoms with E-state index in [9.17, 15) is 10.1 Å². The summed E-state index contributed by atoms with van der Waals surface area (Å²) in [4.78, 5) is 25.8. The summed E-state index contributed by atoms with van der Waals surface area (Å²) in [5.74, 6) is 0.895. The molecule has 0 spiro atoms. The molecule has 2 heterocycles. The van der Waals surface area contributed by atoms with Crippen molar-refractivity contribution in [2.45, 2.75) is 0 Å². The number of hydrogen-bond donors (Lipinski definition) is 2. The number of non-ortho nitro benzene ring substituents is 1. The van der Waals surface area contributed by atoms with Crippen LogP contribution in [-0.4, -0.2) is 52.4 Å². The molecule has 3 aromatic rings. The molecule has 0 unspecified atom stereocenters. The van der Waals surface area contributed by atoms with Crippen LogP contribution in [0.15, 0.2) is 53.6 Å². The molecule has 1 aliphatic heterocycles. The highest BCUT2D eigenvalue weighted by Gasteiger charge is 2.17. The van der Waals surface area contributed by atoms with Crippen molar-refractivity contribution in [1.82, 2.24) is 15.0 Å². The van der Waals surface area contributed by atoms with Crippen LogP contribution >= 0.6 is 11.6 Å². The van der Waals surface area contributed by atoms with Gasteiger partial charge in [0.25, 0.3) is 5.69 Å². The Morgan fingerprint density at radius 1 is 1.09 bits per heavy atom. The number of nitrogens with one attached hydrogen (secondary N) is 2. The number of nitro groups is 1. The minimum atomic E-state index is -0.462. The minimum absolute atomic E-state index is 0.0385. The minimum Gasteiger partial charge on any atom is -0.378 e. The van der Waals surface area contributed by atoms with E-state index < -0.39 is 4.92 Å². The Kier molecular flexibility index (Phi) is 6.68. The maximum absolute atomic E-state index is 11.1. The zero-order valence-corrected chi connectivity index (χ0v) is 17.6. The number of hydrazone groups is 1. The van der Waals surface area contributed by atoms with Crippen LogP contribution in [0.25, 0.3) is 0 Å². The molecule has 164 valence electrons. The molecule has 0 saturated carbocycles. The number of nitro benzene ring substituents is 1. The molecule has 32 heavy (non-hydrogen) atoms. The highest BCUT2D eigenvalue weighted by Crippen LogP contribution is 2.22. The van der Waals surface area contributed by atoms with Gasteiger partial charge in [0, 0.05) is 35.9 Å². The summed E-state index contributed by atoms with van der Waals surface area (Å²) in [6.07, 6.45) is 1.61. The van der Waals surface area contributed by atoms with Crippen molar-refractivity contribution in [2.75, 3.05) is 41.9 Å². The zero-order valence-electron chi connectivity index (χ0n) is 16.8. The van der Waals surface area contributed by atoms with Crippen LogP contribution in [0.5, 0.6) is 0 Å². The lowest BCUT2D eigenvalue weighted by Gasteiger charge is -2.27. The average Bonchev–Trinajstić information content (AvgIpc) is 2.81. The molecule has 0 aliphatic carbocycles. The molecule has 1 saturated heterocycles. The second kappa shape index (κ2) is 9.98. The fraction of sp³-hybridized carbons (Fsp3) is 0.200. The quantitative estimate of drug-likeness (QED) is 0.313. The number of hydrogen-bond acceptors (Lipinski definition) is 10. The van der Waals surface area contributed by atoms with E-state index in [0.29, 0.717) is 43.0 Å². The van der Waals surface area contributed by atoms with Gasteiger partial charge in [0.15, 0.2) is 0 Å². The fourth-order valence-corrected chi connectivity index (χ4v) is 3.04. The van der Waals surface area contributed by atoms with Crippen LogP contribution in [0, 0.1) is 10.1 Å². The zero-order chi connectivity index (χ0) is 22.3. The third kappa shape index (κ3) is 5.65. The van der Waals surface area contributed by atoms with Crippen LogP contribution in [0.4, 0.5) is 29.2 Å². The van der Waals surface area contributed by atoms with E-state index in [2.05, 4.69) is 30.8 Å². The van der Waals surface area contributed by atoms with E-state index in [-0.39, 0.29) is 17.6 Å². The number of ether oxygens (including phenoxy) is 1. The molecule has 1 fully saturated rings. The molecule has 0 amide bonds. The van der Waals surface area contributed by atoms with Crippen LogP contribution in [-0.2, 0) is 4.74 Å². The number of halogens is 1. The predicted octanol–water partition coefficient (Wildman–Crippen LogP) is 3.46. The summed E-state index contributed by atoms with van der Waals surface area (Å²) < 4.78 is 5.39. The number of aromatic nitrogens is 3. The van der Waals surface area contributed by atoms with Gasteiger partial charge in [-0.25, -0.2) is 5.43 Å². The molecule has 0 bridgehead atoms. The number of morpholine rings is 1. The Morgan fingerprint density at radius 2 is 1.84 bits per heavy atom. The summed E-state index contributed by atoms with van der Waals surface area (Å²) >= 11 is 5.90. The van der Waals surface area contributed by atoms with Gasteiger partial charge < -0.3 is 15.0 Å². The maximum Gasteiger partial charge on any atom is 0.271 e. The SMILES string of the molecule is O=[N+]([O-])c1cccc(Nc2nc(N/N=C/c3ccc(Cl)cc3)nc(N3CCOCC3)n2)c1. The Balaban J connectivity index is 1.58. The lowest BCUT2D eigenvalue weighted by atomic mass is 10.2. The van der Waals surface area contributed by atoms with E-state index in [0.717, 1.165) is 5.56 Å². The van der Waals surface area contributed by atoms with Crippen molar-refractivity contribution in [1.29, 1.82) is 0 Å². The molecule has 1 aliphatic rings. The second-order valence-corrected chi connectivity index (χ2v) is 7.17. The van der Waals surface area contributed by atoms with Gasteiger partial charge in [-0.2, -0.15) is 20.1 Å². The molecule has 1 aromatic heterocycles. The van der Waals surface area contributed by atoms with Gasteiger partial charge in [-0.15, -0.1) is 0 Å². The summed E-state index contributed by atoms with van der Waals surface area (Å²) in [6.45, 7) is 2.40. The number of anilines is 4. The monoisotopic (exact) mass is 454 g/mol. The molecule has 2 N–H and O–H groups in total. The van der Waals surface area contributed by atoms with Crippen molar-refractivity contribution in [3.05, 3.63) is 69.2 Å². The topological polar surface area (TPSA) is 131 Å². The lowest BCUT2D eigenvalue weighted by Crippen LogP contribution is -2.37. The highest BCUT2D eigenvalue weighted by molar-refractivity contribution is 6.30. The van der Waals surface area contributed by atoms with Crippen molar-refractivity contribution >= 4 is 47.0 Å². The average molecular weight is 455 g/mol. The third-order valence-corrected chi connectivity index (χ3v) is 4.73.